The maximum Gasteiger partial charge on any atom is 0.303 e. The van der Waals surface area contributed by atoms with Crippen LogP contribution in [-0.2, 0) is 49.5 Å². The zero-order valence-corrected chi connectivity index (χ0v) is 44.2. The summed E-state index contributed by atoms with van der Waals surface area (Å²) in [4.78, 5) is 118. The van der Waals surface area contributed by atoms with Crippen molar-refractivity contribution < 1.29 is 88.0 Å². The van der Waals surface area contributed by atoms with E-state index in [1.54, 1.807) is 13.8 Å². The Bertz CT molecular complexity index is 2470. The number of nitrogens with one attached hydrogen (secondary N) is 5. The Kier molecular flexibility index (Phi) is 21.1. The number of hydrogen-bond donors (Lipinski definition) is 11. The van der Waals surface area contributed by atoms with E-state index in [2.05, 4.69) is 26.6 Å². The molecule has 2 aliphatic carbocycles. The normalized spacial score (nSPS) is 22.3. The van der Waals surface area contributed by atoms with E-state index in [4.69, 9.17) is 19.3 Å². The quantitative estimate of drug-likeness (QED) is 0.0455. The summed E-state index contributed by atoms with van der Waals surface area (Å²) < 4.78 is 17.6. The van der Waals surface area contributed by atoms with Gasteiger partial charge in [-0.05, 0) is 44.6 Å². The van der Waals surface area contributed by atoms with E-state index in [9.17, 15) is 68.7 Å². The number of Topliss-reactive ketones (excluding diaryl/α,β-unsaturated/α-hetero) is 1. The van der Waals surface area contributed by atoms with Crippen LogP contribution in [0.3, 0.4) is 0 Å². The van der Waals surface area contributed by atoms with Crippen LogP contribution >= 0.6 is 0 Å². The number of aromatic hydroxyl groups is 2. The largest absolute Gasteiger partial charge is 0.507 e. The number of fused-ring (bicyclic) bond motifs is 3. The minimum Gasteiger partial charge on any atom is -0.507 e. The first-order chi connectivity index (χ1) is 33.8. The number of benzene rings is 2. The van der Waals surface area contributed by atoms with Crippen LogP contribution in [0.1, 0.15) is 136 Å². The number of aliphatic hydroxyl groups is 3. The molecule has 1 saturated heterocycles. The molecule has 9 atom stereocenters. The van der Waals surface area contributed by atoms with Crippen molar-refractivity contribution in [3.05, 3.63) is 51.6 Å². The monoisotopic (exact) mass is 1030 g/mol. The van der Waals surface area contributed by atoms with Gasteiger partial charge in [0.05, 0.1) is 48.5 Å². The molecular formula is C49H65N5NaO18. The third-order valence-corrected chi connectivity index (χ3v) is 12.8. The number of ether oxygens (including phenoxy) is 3. The molecule has 2 aromatic rings. The molecule has 5 amide bonds. The van der Waals surface area contributed by atoms with Crippen LogP contribution in [0.2, 0.25) is 0 Å². The van der Waals surface area contributed by atoms with Gasteiger partial charge in [0.2, 0.25) is 35.3 Å². The summed E-state index contributed by atoms with van der Waals surface area (Å²) in [5, 5.41) is 78.2. The number of aliphatic carboxylic acids is 1. The van der Waals surface area contributed by atoms with Gasteiger partial charge in [-0.3, -0.25) is 43.2 Å². The predicted octanol–water partition coefficient (Wildman–Crippen LogP) is -0.284. The molecule has 3 aliphatic rings. The number of carbonyl (C=O) groups excluding carboxylic acids is 8. The van der Waals surface area contributed by atoms with Gasteiger partial charge in [0, 0.05) is 84.9 Å². The molecule has 0 bridgehead atoms. The van der Waals surface area contributed by atoms with E-state index in [0.29, 0.717) is 0 Å². The number of amides is 5. The number of aliphatic hydroxyl groups excluding tert-OH is 2. The smallest absolute Gasteiger partial charge is 0.303 e. The van der Waals surface area contributed by atoms with Gasteiger partial charge in [-0.25, -0.2) is 0 Å². The first kappa shape index (κ1) is 60.0. The Labute approximate surface area is 443 Å². The summed E-state index contributed by atoms with van der Waals surface area (Å²) in [6.45, 7) is 8.80. The summed E-state index contributed by atoms with van der Waals surface area (Å²) in [5.41, 5.74) is -4.50. The molecule has 5 rings (SSSR count). The zero-order chi connectivity index (χ0) is 53.5. The molecular weight excluding hydrogens is 970 g/mol. The van der Waals surface area contributed by atoms with Crippen LogP contribution < -0.4 is 31.3 Å². The van der Waals surface area contributed by atoms with Crippen LogP contribution in [0.15, 0.2) is 18.2 Å². The molecule has 0 saturated carbocycles. The zero-order valence-electron chi connectivity index (χ0n) is 42.2. The van der Waals surface area contributed by atoms with Crippen molar-refractivity contribution in [3.63, 3.8) is 0 Å². The fourth-order valence-corrected chi connectivity index (χ4v) is 9.11. The molecule has 73 heavy (non-hydrogen) atoms. The van der Waals surface area contributed by atoms with Crippen molar-refractivity contribution in [2.75, 3.05) is 20.3 Å². The molecule has 0 spiro atoms. The van der Waals surface area contributed by atoms with E-state index in [1.807, 2.05) is 13.8 Å². The number of phenolic OH excluding ortho intramolecular Hbond substituents is 2. The molecule has 1 radical (unpaired) electrons. The molecule has 11 N–H and O–H groups in total. The molecule has 1 heterocycles. The van der Waals surface area contributed by atoms with Crippen LogP contribution in [0.4, 0.5) is 0 Å². The van der Waals surface area contributed by atoms with E-state index in [1.165, 1.54) is 39.2 Å². The molecule has 1 aliphatic heterocycles. The Morgan fingerprint density at radius 1 is 0.822 bits per heavy atom. The summed E-state index contributed by atoms with van der Waals surface area (Å²) >= 11 is 0. The van der Waals surface area contributed by atoms with E-state index in [-0.39, 0.29) is 114 Å². The number of ketones is 3. The fourth-order valence-electron chi connectivity index (χ4n) is 9.11. The molecule has 1 fully saturated rings. The average Bonchev–Trinajstić information content (AvgIpc) is 3.31. The Morgan fingerprint density at radius 3 is 2.05 bits per heavy atom. The Morgan fingerprint density at radius 2 is 1.45 bits per heavy atom. The second-order valence-corrected chi connectivity index (χ2v) is 19.3. The minimum absolute atomic E-state index is 0. The van der Waals surface area contributed by atoms with Gasteiger partial charge in [-0.15, -0.1) is 0 Å². The maximum atomic E-state index is 14.1. The number of carbonyl (C=O) groups is 9. The van der Waals surface area contributed by atoms with Gasteiger partial charge in [0.1, 0.15) is 53.7 Å². The third kappa shape index (κ3) is 14.2. The molecule has 0 unspecified atom stereocenters. The molecule has 395 valence electrons. The molecule has 23 nitrogen and oxygen atoms in total. The number of rotatable bonds is 22. The fraction of sp³-hybridized carbons (Fsp3) is 0.571. The number of phenols is 2. The van der Waals surface area contributed by atoms with Gasteiger partial charge in [0.15, 0.2) is 17.9 Å². The van der Waals surface area contributed by atoms with Crippen LogP contribution in [0.5, 0.6) is 17.2 Å². The van der Waals surface area contributed by atoms with Crippen LogP contribution in [0.25, 0.3) is 0 Å². The summed E-state index contributed by atoms with van der Waals surface area (Å²) in [6, 6.07) is -0.467. The maximum absolute atomic E-state index is 14.1. The van der Waals surface area contributed by atoms with Crippen molar-refractivity contribution in [2.24, 2.45) is 11.8 Å². The van der Waals surface area contributed by atoms with E-state index < -0.39 is 149 Å². The SMILES string of the molecule is COc1cccc2c1C(=O)c1c(O)c3c(c(O)c1C2=O)C[C@@](O)(C(=O)CO)C[C@@H]3O[C@H]1C[C@H](NC(=O)[C@H](CC(C)C)NC(=O)[C@H](C)NC(=O)[C@H](CC(C)C)NC(=O)CCNC(=O)CCC(=O)O)[C@H](O)[C@H](C)O1.[Na]. The third-order valence-electron chi connectivity index (χ3n) is 12.8. The minimum atomic E-state index is -2.43. The predicted molar refractivity (Wildman–Crippen MR) is 256 cm³/mol. The van der Waals surface area contributed by atoms with Gasteiger partial charge >= 0.3 is 5.97 Å². The van der Waals surface area contributed by atoms with Gasteiger partial charge in [0.25, 0.3) is 0 Å². The number of hydrogen-bond acceptors (Lipinski definition) is 17. The van der Waals surface area contributed by atoms with Gasteiger partial charge in [-0.1, -0.05) is 39.8 Å². The Balaban J connectivity index is 0.0000116. The van der Waals surface area contributed by atoms with Crippen LogP contribution in [0, 0.1) is 11.8 Å². The van der Waals surface area contributed by atoms with Crippen LogP contribution in [-0.4, -0.2) is 182 Å². The second kappa shape index (κ2) is 25.6. The van der Waals surface area contributed by atoms with Crippen molar-refractivity contribution in [1.29, 1.82) is 0 Å². The summed E-state index contributed by atoms with van der Waals surface area (Å²) in [5.74, 6) is -9.18. The van der Waals surface area contributed by atoms with Crippen molar-refractivity contribution in [1.82, 2.24) is 26.6 Å². The van der Waals surface area contributed by atoms with Crippen molar-refractivity contribution in [2.45, 2.75) is 147 Å². The second-order valence-electron chi connectivity index (χ2n) is 19.3. The molecule has 0 aromatic heterocycles. The topological polar surface area (TPSA) is 363 Å². The Hall–Kier alpha value is -5.53. The standard InChI is InChI=1S/C49H65N5O18.Na/c1-21(2)15-28(52-34(58)13-14-50-33(57)11-12-35(59)60)47(67)51-23(5)46(66)54-29(16-22(3)4)48(68)53-27-17-36(71-24(6)41(27)61)72-31-19-49(69,32(56)20-55)18-26-38(31)45(65)40-39(43(26)63)42(62)25-9-8-10-30(70-7)37(25)44(40)64;/h8-10,21-24,27-29,31,36,41,55,61,63,65,69H,11-20H2,1-7H3,(H,50,57)(H,51,67)(H,52,58)(H,53,68)(H,54,66)(H,59,60);/t23-,24-,27-,28-,29-,31-,36-,41+,49-;/m0./s1. The van der Waals surface area contributed by atoms with E-state index >= 15 is 0 Å². The number of carboxylic acids is 1. The summed E-state index contributed by atoms with van der Waals surface area (Å²) in [6.07, 6.45) is -7.70. The molecule has 24 heteroatoms. The average molecular weight is 1040 g/mol. The first-order valence-corrected chi connectivity index (χ1v) is 23.7. The first-order valence-electron chi connectivity index (χ1n) is 23.7. The molecule has 2 aromatic carbocycles. The van der Waals surface area contributed by atoms with Gasteiger partial charge in [-0.2, -0.15) is 0 Å². The van der Waals surface area contributed by atoms with Gasteiger partial charge < -0.3 is 71.4 Å². The number of methoxy groups -OCH3 is 1. The number of carboxylic acid groups (broad SMARTS) is 1. The van der Waals surface area contributed by atoms with E-state index in [0.717, 1.165) is 0 Å². The summed E-state index contributed by atoms with van der Waals surface area (Å²) in [7, 11) is 1.28. The van der Waals surface area contributed by atoms with Crippen molar-refractivity contribution in [3.8, 4) is 17.2 Å². The van der Waals surface area contributed by atoms with Crippen molar-refractivity contribution >= 4 is 82.4 Å².